The first-order valence-electron chi connectivity index (χ1n) is 3.94. The van der Waals surface area contributed by atoms with Crippen molar-refractivity contribution >= 4 is 17.6 Å². The Hall–Kier alpha value is -0.700. The summed E-state index contributed by atoms with van der Waals surface area (Å²) in [5.74, 6) is -0.0155. The van der Waals surface area contributed by atoms with Crippen molar-refractivity contribution in [2.75, 3.05) is 13.2 Å². The van der Waals surface area contributed by atoms with E-state index < -0.39 is 5.97 Å². The Kier molecular flexibility index (Phi) is 3.41. The molecule has 68 valence electrons. The summed E-state index contributed by atoms with van der Waals surface area (Å²) in [6, 6.07) is 0. The van der Waals surface area contributed by atoms with Crippen LogP contribution in [0.2, 0.25) is 0 Å². The van der Waals surface area contributed by atoms with Gasteiger partial charge in [-0.05, 0) is 6.42 Å². The van der Waals surface area contributed by atoms with Gasteiger partial charge >= 0.3 is 5.97 Å². The highest BCUT2D eigenvalue weighted by atomic mass is 35.5. The summed E-state index contributed by atoms with van der Waals surface area (Å²) >= 11 is 5.59. The Bertz CT molecular complexity index is 210. The van der Waals surface area contributed by atoms with Crippen LogP contribution in [0.3, 0.4) is 0 Å². The molecule has 0 aliphatic carbocycles. The zero-order chi connectivity index (χ0) is 8.97. The molecular weight excluding hydrogens is 180 g/mol. The lowest BCUT2D eigenvalue weighted by molar-refractivity contribution is -0.135. The van der Waals surface area contributed by atoms with E-state index in [1.165, 1.54) is 0 Å². The molecule has 1 rings (SSSR count). The van der Waals surface area contributed by atoms with Gasteiger partial charge in [0.1, 0.15) is 0 Å². The summed E-state index contributed by atoms with van der Waals surface area (Å²) in [5.41, 5.74) is 0. The molecule has 0 saturated heterocycles. The fourth-order valence-electron chi connectivity index (χ4n) is 0.816. The average Bonchev–Trinajstić information content (AvgIpc) is 2.36. The molecule has 0 spiro atoms. The van der Waals surface area contributed by atoms with Crippen molar-refractivity contribution in [3.8, 4) is 0 Å². The van der Waals surface area contributed by atoms with Crippen LogP contribution < -0.4 is 0 Å². The molecule has 0 aromatic heterocycles. The maximum atomic E-state index is 10.7. The van der Waals surface area contributed by atoms with Gasteiger partial charge in [0.05, 0.1) is 6.61 Å². The number of carbonyl (C=O) groups excluding carboxylic acids is 1. The van der Waals surface area contributed by atoms with Crippen LogP contribution in [0.25, 0.3) is 0 Å². The lowest BCUT2D eigenvalue weighted by Gasteiger charge is -2.03. The van der Waals surface area contributed by atoms with Gasteiger partial charge in [0, 0.05) is 0 Å². The summed E-state index contributed by atoms with van der Waals surface area (Å²) in [6.45, 7) is 2.84. The maximum Gasteiger partial charge on any atom is 0.353 e. The lowest BCUT2D eigenvalue weighted by Crippen LogP contribution is -1.96. The second-order valence-corrected chi connectivity index (χ2v) is 2.89. The van der Waals surface area contributed by atoms with Crippen molar-refractivity contribution in [2.45, 2.75) is 19.8 Å². The van der Waals surface area contributed by atoms with Crippen LogP contribution in [-0.2, 0) is 14.3 Å². The Balaban J connectivity index is 2.37. The molecule has 0 aromatic rings. The second kappa shape index (κ2) is 4.36. The monoisotopic (exact) mass is 190 g/mol. The van der Waals surface area contributed by atoms with Crippen molar-refractivity contribution in [2.24, 2.45) is 0 Å². The molecule has 0 aromatic carbocycles. The van der Waals surface area contributed by atoms with Crippen molar-refractivity contribution < 1.29 is 14.3 Å². The highest BCUT2D eigenvalue weighted by molar-refractivity contribution is 6.42. The summed E-state index contributed by atoms with van der Waals surface area (Å²) in [4.78, 5) is 10.7. The smallest absolute Gasteiger partial charge is 0.353 e. The Morgan fingerprint density at radius 1 is 1.67 bits per heavy atom. The van der Waals surface area contributed by atoms with Crippen molar-refractivity contribution in [1.29, 1.82) is 0 Å². The van der Waals surface area contributed by atoms with Gasteiger partial charge in [0.2, 0.25) is 0 Å². The minimum absolute atomic E-state index is 0.0890. The van der Waals surface area contributed by atoms with E-state index in [1.54, 1.807) is 0 Å². The Morgan fingerprint density at radius 3 is 2.92 bits per heavy atom. The largest absolute Gasteiger partial charge is 0.492 e. The van der Waals surface area contributed by atoms with E-state index in [9.17, 15) is 4.79 Å². The molecule has 3 nitrogen and oxygen atoms in total. The quantitative estimate of drug-likeness (QED) is 0.501. The van der Waals surface area contributed by atoms with E-state index in [-0.39, 0.29) is 11.6 Å². The van der Waals surface area contributed by atoms with E-state index in [4.69, 9.17) is 16.3 Å². The SMILES string of the molecule is CCCCOC1=C(Cl)C(=O)OC1. The average molecular weight is 191 g/mol. The topological polar surface area (TPSA) is 35.5 Å². The lowest BCUT2D eigenvalue weighted by atomic mass is 10.4. The van der Waals surface area contributed by atoms with Crippen molar-refractivity contribution in [3.05, 3.63) is 10.8 Å². The Labute approximate surface area is 76.3 Å². The molecule has 0 unspecified atom stereocenters. The zero-order valence-corrected chi connectivity index (χ0v) is 7.69. The molecule has 0 atom stereocenters. The molecule has 1 aliphatic rings. The van der Waals surface area contributed by atoms with Gasteiger partial charge in [0.15, 0.2) is 17.4 Å². The number of unbranched alkanes of at least 4 members (excludes halogenated alkanes) is 1. The summed E-state index contributed by atoms with van der Waals surface area (Å²) in [5, 5.41) is 0.0890. The van der Waals surface area contributed by atoms with Gasteiger partial charge in [-0.15, -0.1) is 0 Å². The fraction of sp³-hybridized carbons (Fsp3) is 0.625. The minimum atomic E-state index is -0.483. The van der Waals surface area contributed by atoms with E-state index >= 15 is 0 Å². The molecular formula is C8H11ClO3. The standard InChI is InChI=1S/C8H11ClO3/c1-2-3-4-11-6-5-12-8(10)7(6)9/h2-5H2,1H3. The number of halogens is 1. The van der Waals surface area contributed by atoms with E-state index in [0.29, 0.717) is 12.4 Å². The van der Waals surface area contributed by atoms with Gasteiger partial charge in [0.25, 0.3) is 0 Å². The van der Waals surface area contributed by atoms with Crippen LogP contribution in [0, 0.1) is 0 Å². The number of cyclic esters (lactones) is 1. The molecule has 1 aliphatic heterocycles. The first-order valence-corrected chi connectivity index (χ1v) is 4.32. The molecule has 0 bridgehead atoms. The summed E-state index contributed by atoms with van der Waals surface area (Å²) in [7, 11) is 0. The van der Waals surface area contributed by atoms with Gasteiger partial charge in [-0.1, -0.05) is 24.9 Å². The van der Waals surface area contributed by atoms with E-state index in [2.05, 4.69) is 11.7 Å². The van der Waals surface area contributed by atoms with E-state index in [1.807, 2.05) is 0 Å². The van der Waals surface area contributed by atoms with Crippen LogP contribution in [0.1, 0.15) is 19.8 Å². The van der Waals surface area contributed by atoms with E-state index in [0.717, 1.165) is 12.8 Å². The van der Waals surface area contributed by atoms with Crippen molar-refractivity contribution in [1.82, 2.24) is 0 Å². The molecule has 0 amide bonds. The summed E-state index contributed by atoms with van der Waals surface area (Å²) < 4.78 is 9.87. The number of rotatable bonds is 4. The molecule has 4 heteroatoms. The number of hydrogen-bond acceptors (Lipinski definition) is 3. The number of ether oxygens (including phenoxy) is 2. The fourth-order valence-corrected chi connectivity index (χ4v) is 0.980. The first kappa shape index (κ1) is 9.39. The van der Waals surface area contributed by atoms with Gasteiger partial charge in [-0.3, -0.25) is 0 Å². The highest BCUT2D eigenvalue weighted by Crippen LogP contribution is 2.20. The van der Waals surface area contributed by atoms with Crippen molar-refractivity contribution in [3.63, 3.8) is 0 Å². The molecule has 12 heavy (non-hydrogen) atoms. The molecule has 0 radical (unpaired) electrons. The van der Waals surface area contributed by atoms with Crippen LogP contribution in [0.4, 0.5) is 0 Å². The molecule has 0 fully saturated rings. The second-order valence-electron chi connectivity index (χ2n) is 2.52. The maximum absolute atomic E-state index is 10.7. The van der Waals surface area contributed by atoms with Crippen LogP contribution >= 0.6 is 11.6 Å². The van der Waals surface area contributed by atoms with Crippen LogP contribution in [0.5, 0.6) is 0 Å². The molecule has 1 heterocycles. The number of esters is 1. The first-order chi connectivity index (χ1) is 5.75. The Morgan fingerprint density at radius 2 is 2.42 bits per heavy atom. The predicted molar refractivity (Wildman–Crippen MR) is 44.7 cm³/mol. The zero-order valence-electron chi connectivity index (χ0n) is 6.93. The third-order valence-electron chi connectivity index (χ3n) is 1.53. The molecule has 0 N–H and O–H groups in total. The molecule has 0 saturated carbocycles. The number of carbonyl (C=O) groups is 1. The predicted octanol–water partition coefficient (Wildman–Crippen LogP) is 1.81. The van der Waals surface area contributed by atoms with Gasteiger partial charge < -0.3 is 9.47 Å². The van der Waals surface area contributed by atoms with Crippen LogP contribution in [0.15, 0.2) is 10.8 Å². The third-order valence-corrected chi connectivity index (χ3v) is 1.90. The van der Waals surface area contributed by atoms with Gasteiger partial charge in [-0.25, -0.2) is 4.79 Å². The highest BCUT2D eigenvalue weighted by Gasteiger charge is 2.24. The normalized spacial score (nSPS) is 16.7. The number of hydrogen-bond donors (Lipinski definition) is 0. The third kappa shape index (κ3) is 2.14. The van der Waals surface area contributed by atoms with Gasteiger partial charge in [-0.2, -0.15) is 0 Å². The van der Waals surface area contributed by atoms with Crippen LogP contribution in [-0.4, -0.2) is 19.2 Å². The minimum Gasteiger partial charge on any atom is -0.492 e. The summed E-state index contributed by atoms with van der Waals surface area (Å²) in [6.07, 6.45) is 2.02.